The second kappa shape index (κ2) is 9.13. The molecule has 0 aromatic carbocycles. The molecule has 210 valence electrons. The second-order valence-electron chi connectivity index (χ2n) is 14.6. The Balaban J connectivity index is 1.73. The summed E-state index contributed by atoms with van der Waals surface area (Å²) < 4.78 is 28.2. The van der Waals surface area contributed by atoms with Gasteiger partial charge in [0.1, 0.15) is 6.07 Å². The lowest BCUT2D eigenvalue weighted by Gasteiger charge is -2.62. The van der Waals surface area contributed by atoms with E-state index >= 15 is 0 Å². The Morgan fingerprint density at radius 2 is 1.71 bits per heavy atom. The Bertz CT molecular complexity index is 1260. The van der Waals surface area contributed by atoms with E-state index in [0.29, 0.717) is 12.8 Å². The number of Topliss-reactive ketones (excluding diaryl/α,β-unsaturated/α-hetero) is 1. The zero-order valence-corrected chi connectivity index (χ0v) is 25.3. The summed E-state index contributed by atoms with van der Waals surface area (Å²) in [5.41, 5.74) is -0.312. The number of sulfonamides is 1. The van der Waals surface area contributed by atoms with Crippen LogP contribution in [0.15, 0.2) is 23.3 Å². The first kappa shape index (κ1) is 29.2. The smallest absolute Gasteiger partial charge is 0.209 e. The largest absolute Gasteiger partial charge is 0.295 e. The maximum atomic E-state index is 13.4. The minimum absolute atomic E-state index is 0.0559. The number of hydrogen-bond donors (Lipinski definition) is 1. The third-order valence-corrected chi connectivity index (χ3v) is 12.3. The molecule has 0 aromatic heterocycles. The monoisotopic (exact) mass is 542 g/mol. The highest BCUT2D eigenvalue weighted by molar-refractivity contribution is 7.88. The van der Waals surface area contributed by atoms with Crippen LogP contribution in [0, 0.1) is 50.7 Å². The second-order valence-corrected chi connectivity index (χ2v) is 16.4. The molecule has 7 atom stereocenters. The molecule has 0 aliphatic heterocycles. The third-order valence-electron chi connectivity index (χ3n) is 11.5. The summed E-state index contributed by atoms with van der Waals surface area (Å²) in [4.78, 5) is 26.2. The average Bonchev–Trinajstić information content (AvgIpc) is 2.78. The normalized spacial score (nSPS) is 42.9. The number of rotatable bonds is 5. The van der Waals surface area contributed by atoms with Gasteiger partial charge in [-0.2, -0.15) is 5.26 Å². The fourth-order valence-electron chi connectivity index (χ4n) is 8.99. The molecule has 2 saturated carbocycles. The Morgan fingerprint density at radius 1 is 1.05 bits per heavy atom. The first-order valence-electron chi connectivity index (χ1n) is 14.2. The molecule has 4 aliphatic carbocycles. The summed E-state index contributed by atoms with van der Waals surface area (Å²) in [6, 6.07) is 2.12. The molecular formula is C31H46N2O4S. The van der Waals surface area contributed by atoms with Crippen molar-refractivity contribution in [3.63, 3.8) is 0 Å². The zero-order chi connectivity index (χ0) is 28.5. The molecule has 1 N–H and O–H groups in total. The molecule has 7 heteroatoms. The van der Waals surface area contributed by atoms with Crippen molar-refractivity contribution in [2.75, 3.05) is 6.26 Å². The van der Waals surface area contributed by atoms with Gasteiger partial charge in [-0.15, -0.1) is 0 Å². The van der Waals surface area contributed by atoms with Gasteiger partial charge in [0.15, 0.2) is 11.6 Å². The van der Waals surface area contributed by atoms with Crippen LogP contribution >= 0.6 is 0 Å². The summed E-state index contributed by atoms with van der Waals surface area (Å²) in [7, 11) is -3.42. The SMILES string of the molecule is CC1CC(C)(C)CC[C@@]1(CC[C@]1(C)CC(=O)C=C2[C@@]3(C)C=C(C#N)C(=O)[C@@H](C)[C@@H]3CC[C@]21C)NS(C)(=O)=O. The Hall–Kier alpha value is -1.78. The Morgan fingerprint density at radius 3 is 2.29 bits per heavy atom. The molecule has 0 radical (unpaired) electrons. The number of carbonyl (C=O) groups excluding carboxylic acids is 2. The summed E-state index contributed by atoms with van der Waals surface area (Å²) in [6.45, 7) is 15.2. The van der Waals surface area contributed by atoms with Crippen LogP contribution in [0.25, 0.3) is 0 Å². The predicted molar refractivity (Wildman–Crippen MR) is 149 cm³/mol. The summed E-state index contributed by atoms with van der Waals surface area (Å²) in [5, 5.41) is 9.73. The summed E-state index contributed by atoms with van der Waals surface area (Å²) in [6.07, 6.45) is 11.1. The lowest BCUT2D eigenvalue weighted by Crippen LogP contribution is -2.58. The van der Waals surface area contributed by atoms with Gasteiger partial charge in [0.2, 0.25) is 10.0 Å². The molecule has 4 aliphatic rings. The first-order valence-corrected chi connectivity index (χ1v) is 16.1. The van der Waals surface area contributed by atoms with E-state index < -0.39 is 21.0 Å². The van der Waals surface area contributed by atoms with Crippen LogP contribution in [0.1, 0.15) is 99.8 Å². The average molecular weight is 543 g/mol. The summed E-state index contributed by atoms with van der Waals surface area (Å²) in [5.74, 6) is -0.0397. The molecule has 4 rings (SSSR count). The van der Waals surface area contributed by atoms with Crippen LogP contribution in [-0.4, -0.2) is 31.8 Å². The van der Waals surface area contributed by atoms with E-state index in [2.05, 4.69) is 52.3 Å². The number of allylic oxidation sites excluding steroid dienone is 4. The third kappa shape index (κ3) is 4.64. The fourth-order valence-corrected chi connectivity index (χ4v) is 10.1. The zero-order valence-electron chi connectivity index (χ0n) is 24.5. The van der Waals surface area contributed by atoms with E-state index in [0.717, 1.165) is 44.1 Å². The molecule has 0 saturated heterocycles. The van der Waals surface area contributed by atoms with Gasteiger partial charge in [-0.25, -0.2) is 13.1 Å². The van der Waals surface area contributed by atoms with Gasteiger partial charge in [0, 0.05) is 23.3 Å². The fraction of sp³-hybridized carbons (Fsp3) is 0.774. The van der Waals surface area contributed by atoms with E-state index in [1.807, 2.05) is 19.1 Å². The molecular weight excluding hydrogens is 496 g/mol. The van der Waals surface area contributed by atoms with E-state index in [1.54, 1.807) is 0 Å². The molecule has 0 bridgehead atoms. The van der Waals surface area contributed by atoms with Gasteiger partial charge in [-0.3, -0.25) is 9.59 Å². The van der Waals surface area contributed by atoms with Crippen LogP contribution < -0.4 is 4.72 Å². The van der Waals surface area contributed by atoms with E-state index in [-0.39, 0.29) is 51.1 Å². The van der Waals surface area contributed by atoms with Crippen LogP contribution in [0.3, 0.4) is 0 Å². The van der Waals surface area contributed by atoms with Crippen molar-refractivity contribution < 1.29 is 18.0 Å². The van der Waals surface area contributed by atoms with Gasteiger partial charge in [-0.05, 0) is 79.1 Å². The minimum atomic E-state index is -3.42. The predicted octanol–water partition coefficient (Wildman–Crippen LogP) is 5.90. The highest BCUT2D eigenvalue weighted by Crippen LogP contribution is 2.67. The van der Waals surface area contributed by atoms with Gasteiger partial charge < -0.3 is 0 Å². The van der Waals surface area contributed by atoms with E-state index in [1.165, 1.54) is 6.26 Å². The van der Waals surface area contributed by atoms with Crippen molar-refractivity contribution in [3.05, 3.63) is 23.3 Å². The number of nitrogens with one attached hydrogen (secondary N) is 1. The molecule has 0 heterocycles. The molecule has 0 spiro atoms. The van der Waals surface area contributed by atoms with Crippen LogP contribution in [-0.2, 0) is 19.6 Å². The van der Waals surface area contributed by atoms with Crippen LogP contribution in [0.5, 0.6) is 0 Å². The molecule has 38 heavy (non-hydrogen) atoms. The van der Waals surface area contributed by atoms with Crippen molar-refractivity contribution in [2.45, 2.75) is 105 Å². The van der Waals surface area contributed by atoms with Crippen molar-refractivity contribution in [1.29, 1.82) is 5.26 Å². The number of hydrogen-bond acceptors (Lipinski definition) is 5. The highest BCUT2D eigenvalue weighted by atomic mass is 32.2. The maximum absolute atomic E-state index is 13.4. The number of ketones is 2. The number of fused-ring (bicyclic) bond motifs is 3. The van der Waals surface area contributed by atoms with Crippen molar-refractivity contribution >= 4 is 21.6 Å². The molecule has 0 amide bonds. The van der Waals surface area contributed by atoms with Gasteiger partial charge >= 0.3 is 0 Å². The molecule has 0 aromatic rings. The van der Waals surface area contributed by atoms with Gasteiger partial charge in [0.25, 0.3) is 0 Å². The van der Waals surface area contributed by atoms with Crippen molar-refractivity contribution in [3.8, 4) is 6.07 Å². The summed E-state index contributed by atoms with van der Waals surface area (Å²) >= 11 is 0. The molecule has 6 nitrogen and oxygen atoms in total. The molecule has 1 unspecified atom stereocenters. The van der Waals surface area contributed by atoms with E-state index in [9.17, 15) is 23.3 Å². The van der Waals surface area contributed by atoms with Crippen LogP contribution in [0.4, 0.5) is 0 Å². The van der Waals surface area contributed by atoms with Gasteiger partial charge in [0.05, 0.1) is 11.8 Å². The minimum Gasteiger partial charge on any atom is -0.295 e. The number of nitriles is 1. The van der Waals surface area contributed by atoms with Crippen LogP contribution in [0.2, 0.25) is 0 Å². The molecule has 2 fully saturated rings. The Labute approximate surface area is 229 Å². The number of nitrogens with zero attached hydrogens (tertiary/aromatic N) is 1. The lowest BCUT2D eigenvalue weighted by atomic mass is 9.42. The highest BCUT2D eigenvalue weighted by Gasteiger charge is 2.61. The topological polar surface area (TPSA) is 104 Å². The van der Waals surface area contributed by atoms with E-state index in [4.69, 9.17) is 0 Å². The Kier molecular flexibility index (Phi) is 7.02. The maximum Gasteiger partial charge on any atom is 0.209 e. The lowest BCUT2D eigenvalue weighted by molar-refractivity contribution is -0.126. The van der Waals surface area contributed by atoms with Crippen molar-refractivity contribution in [1.82, 2.24) is 4.72 Å². The first-order chi connectivity index (χ1) is 17.3. The van der Waals surface area contributed by atoms with Crippen molar-refractivity contribution in [2.24, 2.45) is 39.4 Å². The van der Waals surface area contributed by atoms with Gasteiger partial charge in [-0.1, -0.05) is 60.1 Å². The standard InChI is InChI=1S/C31H46N2O4S/c1-20-16-27(3,4)11-13-31(20,33-38(8,36)37)14-12-28(5)18-23(34)15-25-29(6)17-22(19-32)26(35)21(2)24(29)9-10-30(25,28)7/h15,17,20-21,24,33H,9-14,16,18H2,1-8H3/t20?,21-,24-,28+,29-,30+,31-/m0/s1. The quantitative estimate of drug-likeness (QED) is 0.466. The number of carbonyl (C=O) groups is 2.